The quantitative estimate of drug-likeness (QED) is 0.403. The van der Waals surface area contributed by atoms with Crippen LogP contribution in [0.15, 0.2) is 53.3 Å². The Morgan fingerprint density at radius 1 is 1.19 bits per heavy atom. The third-order valence-corrected chi connectivity index (χ3v) is 4.71. The molecule has 4 aromatic rings. The van der Waals surface area contributed by atoms with Crippen LogP contribution >= 0.6 is 11.3 Å². The molecule has 0 bridgehead atoms. The maximum absolute atomic E-state index is 13.8. The van der Waals surface area contributed by atoms with E-state index < -0.39 is 11.8 Å². The Morgan fingerprint density at radius 3 is 2.67 bits per heavy atom. The van der Waals surface area contributed by atoms with Gasteiger partial charge in [0.05, 0.1) is 10.1 Å². The summed E-state index contributed by atoms with van der Waals surface area (Å²) in [6.45, 7) is 1.30. The van der Waals surface area contributed by atoms with E-state index in [4.69, 9.17) is 4.74 Å². The van der Waals surface area contributed by atoms with E-state index in [0.717, 1.165) is 15.9 Å². The Morgan fingerprint density at radius 2 is 1.93 bits per heavy atom. The lowest BCUT2D eigenvalue weighted by Crippen LogP contribution is -2.23. The van der Waals surface area contributed by atoms with Crippen molar-refractivity contribution in [1.29, 1.82) is 0 Å². The number of nitrogens with zero attached hydrogens (tertiary/aromatic N) is 3. The first-order valence-electron chi connectivity index (χ1n) is 7.96. The first-order chi connectivity index (χ1) is 13.0. The van der Waals surface area contributed by atoms with E-state index in [2.05, 4.69) is 10.1 Å². The van der Waals surface area contributed by atoms with Gasteiger partial charge < -0.3 is 4.74 Å². The Kier molecular flexibility index (Phi) is 4.25. The SMILES string of the molecule is CC(=O)Oc1ccccc1-c1nc2s/c(=C\c3ccccc3F)c(=O)n2n1. The molecule has 0 unspecified atom stereocenters. The number of fused-ring (bicyclic) bond motifs is 1. The average molecular weight is 381 g/mol. The predicted molar refractivity (Wildman–Crippen MR) is 99.1 cm³/mol. The van der Waals surface area contributed by atoms with Gasteiger partial charge in [-0.25, -0.2) is 4.39 Å². The fraction of sp³-hybridized carbons (Fsp3) is 0.0526. The number of carbonyl (C=O) groups excluding carboxylic acids is 1. The third-order valence-electron chi connectivity index (χ3n) is 3.76. The highest BCUT2D eigenvalue weighted by Gasteiger charge is 2.16. The fourth-order valence-corrected chi connectivity index (χ4v) is 3.48. The second kappa shape index (κ2) is 6.73. The zero-order valence-electron chi connectivity index (χ0n) is 14.0. The monoisotopic (exact) mass is 381 g/mol. The Balaban J connectivity index is 1.82. The molecule has 0 amide bonds. The predicted octanol–water partition coefficient (Wildman–Crippen LogP) is 2.43. The van der Waals surface area contributed by atoms with Crippen molar-refractivity contribution in [2.75, 3.05) is 0 Å². The topological polar surface area (TPSA) is 73.6 Å². The smallest absolute Gasteiger partial charge is 0.308 e. The van der Waals surface area contributed by atoms with E-state index in [9.17, 15) is 14.0 Å². The molecule has 0 aliphatic carbocycles. The molecule has 0 aliphatic heterocycles. The van der Waals surface area contributed by atoms with Crippen molar-refractivity contribution in [2.24, 2.45) is 0 Å². The zero-order valence-corrected chi connectivity index (χ0v) is 14.9. The highest BCUT2D eigenvalue weighted by Crippen LogP contribution is 2.27. The van der Waals surface area contributed by atoms with Crippen molar-refractivity contribution in [3.8, 4) is 17.1 Å². The number of aromatic nitrogens is 3. The minimum Gasteiger partial charge on any atom is -0.426 e. The van der Waals surface area contributed by atoms with Gasteiger partial charge in [0.25, 0.3) is 5.56 Å². The molecule has 2 heterocycles. The molecule has 0 saturated heterocycles. The van der Waals surface area contributed by atoms with E-state index >= 15 is 0 Å². The highest BCUT2D eigenvalue weighted by atomic mass is 32.1. The standard InChI is InChI=1S/C19H12FN3O3S/c1-11(24)26-15-9-5-3-7-13(15)17-21-19-23(22-17)18(25)16(27-19)10-12-6-2-4-8-14(12)20/h2-10H,1H3/b16-10-. The summed E-state index contributed by atoms with van der Waals surface area (Å²) < 4.78 is 20.5. The number of thiazole rings is 1. The molecule has 0 spiro atoms. The third kappa shape index (κ3) is 3.22. The van der Waals surface area contributed by atoms with Crippen LogP contribution in [0, 0.1) is 5.82 Å². The summed E-state index contributed by atoms with van der Waals surface area (Å²) in [6, 6.07) is 13.0. The first-order valence-corrected chi connectivity index (χ1v) is 8.78. The number of esters is 1. The van der Waals surface area contributed by atoms with Crippen molar-refractivity contribution in [1.82, 2.24) is 14.6 Å². The molecule has 4 rings (SSSR count). The van der Waals surface area contributed by atoms with E-state index in [0.29, 0.717) is 26.4 Å². The molecule has 27 heavy (non-hydrogen) atoms. The van der Waals surface area contributed by atoms with Gasteiger partial charge in [0, 0.05) is 12.5 Å². The minimum absolute atomic E-state index is 0.271. The van der Waals surface area contributed by atoms with Gasteiger partial charge in [-0.05, 0) is 24.3 Å². The van der Waals surface area contributed by atoms with Gasteiger partial charge in [-0.1, -0.05) is 41.7 Å². The van der Waals surface area contributed by atoms with E-state index in [1.165, 1.54) is 19.1 Å². The number of ether oxygens (including phenoxy) is 1. The molecule has 2 aromatic carbocycles. The van der Waals surface area contributed by atoms with Crippen molar-refractivity contribution in [3.63, 3.8) is 0 Å². The molecule has 0 atom stereocenters. The summed E-state index contributed by atoms with van der Waals surface area (Å²) in [5.74, 6) is -0.289. The lowest BCUT2D eigenvalue weighted by atomic mass is 10.2. The first kappa shape index (κ1) is 17.0. The summed E-state index contributed by atoms with van der Waals surface area (Å²) in [4.78, 5) is 28.6. The molecule has 2 aromatic heterocycles. The van der Waals surface area contributed by atoms with Crippen LogP contribution in [0.2, 0.25) is 0 Å². The number of halogens is 1. The number of rotatable bonds is 3. The maximum Gasteiger partial charge on any atom is 0.308 e. The van der Waals surface area contributed by atoms with Crippen LogP contribution in [0.5, 0.6) is 5.75 Å². The summed E-state index contributed by atoms with van der Waals surface area (Å²) in [6.07, 6.45) is 1.48. The van der Waals surface area contributed by atoms with Crippen LogP contribution in [-0.4, -0.2) is 20.6 Å². The van der Waals surface area contributed by atoms with E-state index in [1.807, 2.05) is 0 Å². The van der Waals surface area contributed by atoms with Crippen LogP contribution in [0.25, 0.3) is 22.4 Å². The summed E-state index contributed by atoms with van der Waals surface area (Å²) in [5, 5.41) is 4.23. The summed E-state index contributed by atoms with van der Waals surface area (Å²) >= 11 is 1.11. The second-order valence-corrected chi connectivity index (χ2v) is 6.67. The fourth-order valence-electron chi connectivity index (χ4n) is 2.58. The summed E-state index contributed by atoms with van der Waals surface area (Å²) in [5.41, 5.74) is 0.434. The maximum atomic E-state index is 13.8. The van der Waals surface area contributed by atoms with Gasteiger partial charge in [-0.15, -0.1) is 5.10 Å². The van der Waals surface area contributed by atoms with Crippen LogP contribution in [0.3, 0.4) is 0 Å². The lowest BCUT2D eigenvalue weighted by Gasteiger charge is -2.04. The number of hydrogen-bond acceptors (Lipinski definition) is 6. The summed E-state index contributed by atoms with van der Waals surface area (Å²) in [7, 11) is 0. The highest BCUT2D eigenvalue weighted by molar-refractivity contribution is 7.15. The largest absolute Gasteiger partial charge is 0.426 e. The van der Waals surface area contributed by atoms with Crippen molar-refractivity contribution in [3.05, 3.63) is 74.8 Å². The number of carbonyl (C=O) groups is 1. The molecule has 0 aliphatic rings. The molecule has 0 saturated carbocycles. The van der Waals surface area contributed by atoms with Gasteiger partial charge in [-0.3, -0.25) is 9.59 Å². The number of benzene rings is 2. The van der Waals surface area contributed by atoms with Crippen LogP contribution < -0.4 is 14.8 Å². The zero-order chi connectivity index (χ0) is 19.0. The van der Waals surface area contributed by atoms with E-state index in [-0.39, 0.29) is 11.4 Å². The van der Waals surface area contributed by atoms with E-state index in [1.54, 1.807) is 42.5 Å². The van der Waals surface area contributed by atoms with Crippen molar-refractivity contribution >= 4 is 28.3 Å². The molecule has 8 heteroatoms. The second-order valence-electron chi connectivity index (χ2n) is 5.66. The molecule has 6 nitrogen and oxygen atoms in total. The minimum atomic E-state index is -0.463. The van der Waals surface area contributed by atoms with Crippen molar-refractivity contribution in [2.45, 2.75) is 6.92 Å². The Bertz CT molecular complexity index is 1280. The molecule has 0 N–H and O–H groups in total. The van der Waals surface area contributed by atoms with Crippen LogP contribution in [0.4, 0.5) is 4.39 Å². The van der Waals surface area contributed by atoms with Crippen LogP contribution in [0.1, 0.15) is 12.5 Å². The van der Waals surface area contributed by atoms with Crippen molar-refractivity contribution < 1.29 is 13.9 Å². The Hall–Kier alpha value is -3.39. The molecule has 0 radical (unpaired) electrons. The van der Waals surface area contributed by atoms with Crippen LogP contribution in [-0.2, 0) is 4.79 Å². The van der Waals surface area contributed by atoms with Gasteiger partial charge in [0.1, 0.15) is 11.6 Å². The Labute approximate surface area is 156 Å². The van der Waals surface area contributed by atoms with Gasteiger partial charge >= 0.3 is 5.97 Å². The molecular weight excluding hydrogens is 369 g/mol. The molecule has 0 fully saturated rings. The average Bonchev–Trinajstić information content (AvgIpc) is 3.17. The van der Waals surface area contributed by atoms with Gasteiger partial charge in [0.15, 0.2) is 5.82 Å². The lowest BCUT2D eigenvalue weighted by molar-refractivity contribution is -0.131. The normalized spacial score (nSPS) is 11.9. The number of hydrogen-bond donors (Lipinski definition) is 0. The molecule has 134 valence electrons. The van der Waals surface area contributed by atoms with Gasteiger partial charge in [-0.2, -0.15) is 9.50 Å². The molecular formula is C19H12FN3O3S. The number of para-hydroxylation sites is 1. The van der Waals surface area contributed by atoms with Gasteiger partial charge in [0.2, 0.25) is 4.96 Å².